The van der Waals surface area contributed by atoms with Crippen LogP contribution in [0.3, 0.4) is 0 Å². The lowest BCUT2D eigenvalue weighted by molar-refractivity contribution is 0.0488. The molecule has 106 heavy (non-hydrogen) atoms. The maximum Gasteiger partial charge on any atom is 0.352 e. The second-order valence-electron chi connectivity index (χ2n) is 33.2. The van der Waals surface area contributed by atoms with E-state index >= 15 is 0 Å². The first-order valence-electron chi connectivity index (χ1n) is 39.7. The van der Waals surface area contributed by atoms with Crippen molar-refractivity contribution in [1.29, 1.82) is 0 Å². The molecule has 0 aliphatic carbocycles. The molecule has 0 unspecified atom stereocenters. The van der Waals surface area contributed by atoms with Gasteiger partial charge in [0, 0.05) is 105 Å². The summed E-state index contributed by atoms with van der Waals surface area (Å²) in [5, 5.41) is 32.7. The molecular formula is C97H168O9. The molecule has 610 valence electrons. The molecule has 9 nitrogen and oxygen atoms in total. The number of hydrogen-bond acceptors (Lipinski definition) is 9. The summed E-state index contributed by atoms with van der Waals surface area (Å²) in [5.74, 6) is 38.5. The number of benzene rings is 3. The first-order chi connectivity index (χ1) is 50.1. The van der Waals surface area contributed by atoms with Crippen LogP contribution in [-0.4, -0.2) is 46.4 Å². The molecule has 0 aliphatic heterocycles. The van der Waals surface area contributed by atoms with Gasteiger partial charge < -0.3 is 29.5 Å². The van der Waals surface area contributed by atoms with Crippen LogP contribution in [-0.2, 0) is 46.7 Å². The zero-order chi connectivity index (χ0) is 79.7. The number of aromatic hydroxyl groups is 3. The lowest BCUT2D eigenvalue weighted by Gasteiger charge is -2.31. The van der Waals surface area contributed by atoms with E-state index in [1.54, 1.807) is 24.3 Å². The predicted molar refractivity (Wildman–Crippen MR) is 479 cm³/mol. The molecule has 3 N–H and O–H groups in total. The summed E-state index contributed by atoms with van der Waals surface area (Å²) < 4.78 is 16.3. The van der Waals surface area contributed by atoms with E-state index in [1.165, 1.54) is 154 Å². The molecule has 9 heteroatoms. The zero-order valence-electron chi connectivity index (χ0n) is 69.5. The van der Waals surface area contributed by atoms with Gasteiger partial charge in [-0.25, -0.2) is 14.4 Å². The summed E-state index contributed by atoms with van der Waals surface area (Å²) in [6.45, 7) is 42.3. The smallest absolute Gasteiger partial charge is 0.352 e. The standard InChI is InChI=1S/C33H22O3.C33H58O3.C31H54O3.17H2/c1-8-9-10-11-12-13-14-15-16-17-18-19-20-21-22-23-24-36-31(35)27-25-28(32(2,3)4)30(34)29(26-27)33(5,6)7;1-8-11-12-13-14-15-16-17-18-19-20-21-22-23-24-36-31(35)27-25-28(32(4,5)9-2)30(34)29(26-27)33(6,7)10-3;1-8-9-10-11-12-13-14-15-16-17-18-19-20-21-22-34-29(33)25-23-26(30(2,3)4)28(32)27(24-25)31(5,6)7;;;;;;;;;;;;;;;;;/h1,25-26,34H,2-7H3;25-26,34H,8-24H2,1-7H3;23-24,32H,8-22H2,1-7H3;17*1H. The Morgan fingerprint density at radius 3 is 0.755 bits per heavy atom. The van der Waals surface area contributed by atoms with Gasteiger partial charge in [0.15, 0.2) is 0 Å². The van der Waals surface area contributed by atoms with Crippen LogP contribution in [0.2, 0.25) is 0 Å². The zero-order valence-corrected chi connectivity index (χ0v) is 69.5. The Morgan fingerprint density at radius 2 is 0.519 bits per heavy atom. The molecule has 0 saturated carbocycles. The highest BCUT2D eigenvalue weighted by Gasteiger charge is 2.33. The topological polar surface area (TPSA) is 140 Å². The lowest BCUT2D eigenvalue weighted by atomic mass is 9.75. The Balaban J connectivity index is -0.0000000855. The van der Waals surface area contributed by atoms with Gasteiger partial charge in [-0.05, 0) is 142 Å². The molecule has 0 heterocycles. The first-order valence-corrected chi connectivity index (χ1v) is 39.7. The van der Waals surface area contributed by atoms with Crippen molar-refractivity contribution in [2.75, 3.05) is 13.2 Å². The fraction of sp³-hybridized carbons (Fsp3) is 0.598. The number of phenolic OH excluding ortho intramolecular Hbond substituents is 3. The fourth-order valence-corrected chi connectivity index (χ4v) is 11.6. The van der Waals surface area contributed by atoms with Gasteiger partial charge >= 0.3 is 17.9 Å². The molecule has 3 aromatic rings. The molecule has 0 radical (unpaired) electrons. The highest BCUT2D eigenvalue weighted by atomic mass is 16.5. The third kappa shape index (κ3) is 39.7. The van der Waals surface area contributed by atoms with E-state index in [0.717, 1.165) is 60.8 Å². The Kier molecular flexibility index (Phi) is 46.6. The fourth-order valence-electron chi connectivity index (χ4n) is 11.6. The molecule has 3 aromatic carbocycles. The molecule has 0 spiro atoms. The number of terminal acetylenes is 1. The van der Waals surface area contributed by atoms with Crippen LogP contribution >= 0.6 is 0 Å². The summed E-state index contributed by atoms with van der Waals surface area (Å²) >= 11 is 0. The van der Waals surface area contributed by atoms with Gasteiger partial charge in [0.1, 0.15) is 23.4 Å². The molecule has 0 bridgehead atoms. The second kappa shape index (κ2) is 51.7. The minimum absolute atomic E-state index is 0. The summed E-state index contributed by atoms with van der Waals surface area (Å²) in [5.41, 5.74) is 4.30. The Labute approximate surface area is 671 Å². The number of carbonyl (C=O) groups is 3. The highest BCUT2D eigenvalue weighted by molar-refractivity contribution is 5.92. The lowest BCUT2D eigenvalue weighted by Crippen LogP contribution is -2.22. The molecule has 0 amide bonds. The van der Waals surface area contributed by atoms with Crippen molar-refractivity contribution < 1.29 is 68.2 Å². The van der Waals surface area contributed by atoms with Crippen LogP contribution in [0.4, 0.5) is 0 Å². The van der Waals surface area contributed by atoms with Crippen molar-refractivity contribution in [2.45, 2.75) is 364 Å². The average Bonchev–Trinajstić information content (AvgIpc) is 0.785. The van der Waals surface area contributed by atoms with Crippen LogP contribution in [0.25, 0.3) is 0 Å². The van der Waals surface area contributed by atoms with Gasteiger partial charge in [0.2, 0.25) is 0 Å². The number of carbonyl (C=O) groups excluding carboxylic acids is 3. The van der Waals surface area contributed by atoms with Crippen molar-refractivity contribution in [3.8, 4) is 125 Å². The maximum atomic E-state index is 12.9. The van der Waals surface area contributed by atoms with Gasteiger partial charge in [-0.1, -0.05) is 305 Å². The molecule has 0 aliphatic rings. The molecule has 0 atom stereocenters. The summed E-state index contributed by atoms with van der Waals surface area (Å²) in [6.07, 6.45) is 45.7. The van der Waals surface area contributed by atoms with E-state index in [1.807, 2.05) is 53.7 Å². The van der Waals surface area contributed by atoms with E-state index in [2.05, 4.69) is 198 Å². The third-order valence-corrected chi connectivity index (χ3v) is 19.1. The van der Waals surface area contributed by atoms with Crippen LogP contribution in [0.15, 0.2) is 36.4 Å². The van der Waals surface area contributed by atoms with Crippen molar-refractivity contribution in [3.05, 3.63) is 86.5 Å². The monoisotopic (exact) mass is 1480 g/mol. The number of rotatable bonds is 37. The number of hydrogen-bond donors (Lipinski definition) is 3. The summed E-state index contributed by atoms with van der Waals surface area (Å²) in [7, 11) is 0. The minimum Gasteiger partial charge on any atom is -0.507 e. The second-order valence-corrected chi connectivity index (χ2v) is 33.2. The minimum atomic E-state index is -0.634. The van der Waals surface area contributed by atoms with Crippen LogP contribution in [0.1, 0.15) is 420 Å². The van der Waals surface area contributed by atoms with E-state index in [-0.39, 0.29) is 74.4 Å². The van der Waals surface area contributed by atoms with Gasteiger partial charge in [0.05, 0.1) is 29.9 Å². The Bertz CT molecular complexity index is 3760. The first kappa shape index (κ1) is 95.5. The van der Waals surface area contributed by atoms with E-state index in [4.69, 9.17) is 20.6 Å². The van der Waals surface area contributed by atoms with Gasteiger partial charge in [-0.15, -0.1) is 6.42 Å². The quantitative estimate of drug-likeness (QED) is 0.0223. The van der Waals surface area contributed by atoms with E-state index in [0.29, 0.717) is 52.5 Å². The summed E-state index contributed by atoms with van der Waals surface area (Å²) in [4.78, 5) is 38.2. The molecular weight excluding hydrogens is 1310 g/mol. The Morgan fingerprint density at radius 1 is 0.311 bits per heavy atom. The van der Waals surface area contributed by atoms with Crippen LogP contribution < -0.4 is 0 Å². The van der Waals surface area contributed by atoms with Crippen LogP contribution in [0.5, 0.6) is 17.2 Å². The number of esters is 3. The average molecular weight is 1480 g/mol. The Hall–Kier alpha value is -8.49. The maximum absolute atomic E-state index is 12.9. The van der Waals surface area contributed by atoms with Crippen LogP contribution in [0, 0.1) is 107 Å². The molecule has 0 aromatic heterocycles. The SMILES string of the molecule is C#CC#CC#CC#CC#CC#CC#CC#CC#COC(=O)c1cc(C(C)(C)C)c(O)c(C(C)(C)C)c1.CCCCCCCCCCCCCCCCOC(=O)c1cc(C(C)(C)C)c(O)c(C(C)(C)C)c1.CCCCCCCCCCCCCCCCOC(=O)c1cc(C(C)(C)CC)c(O)c(C(C)(C)CC)c1.[HH].[HH].[HH].[HH].[HH].[HH].[HH].[HH].[HH].[HH].[HH].[HH].[HH].[HH].[HH].[HH].[HH]. The normalized spacial score (nSPS) is 10.9. The van der Waals surface area contributed by atoms with Gasteiger partial charge in [0.25, 0.3) is 0 Å². The molecule has 0 saturated heterocycles. The molecule has 0 fully saturated rings. The summed E-state index contributed by atoms with van der Waals surface area (Å²) in [6, 6.07) is 10.6. The molecule has 3 rings (SSSR count). The largest absolute Gasteiger partial charge is 0.507 e. The van der Waals surface area contributed by atoms with Crippen molar-refractivity contribution in [1.82, 2.24) is 0 Å². The number of ether oxygens (including phenoxy) is 3. The van der Waals surface area contributed by atoms with Gasteiger partial charge in [-0.3, -0.25) is 0 Å². The van der Waals surface area contributed by atoms with Crippen molar-refractivity contribution in [3.63, 3.8) is 0 Å². The predicted octanol–water partition coefficient (Wildman–Crippen LogP) is 28.0. The number of phenols is 3. The van der Waals surface area contributed by atoms with E-state index < -0.39 is 5.97 Å². The van der Waals surface area contributed by atoms with Crippen molar-refractivity contribution >= 4 is 17.9 Å². The van der Waals surface area contributed by atoms with Crippen molar-refractivity contribution in [2.24, 2.45) is 0 Å². The highest BCUT2D eigenvalue weighted by Crippen LogP contribution is 2.44. The van der Waals surface area contributed by atoms with E-state index in [9.17, 15) is 29.7 Å². The van der Waals surface area contributed by atoms with Gasteiger partial charge in [-0.2, -0.15) is 0 Å². The number of unbranched alkanes of at least 4 members (excludes halogenated alkanes) is 26. The third-order valence-electron chi connectivity index (χ3n) is 19.1.